The minimum absolute atomic E-state index is 0.00249. The number of fused-ring (bicyclic) bond motifs is 1. The Hall–Kier alpha value is -2.28. The molecule has 4 atom stereocenters. The molecule has 0 aromatic rings. The van der Waals surface area contributed by atoms with Gasteiger partial charge in [-0.25, -0.2) is 0 Å². The topological polar surface area (TPSA) is 40.2 Å². The van der Waals surface area contributed by atoms with Gasteiger partial charge in [0, 0.05) is 39.1 Å². The number of ether oxygens (including phenoxy) is 4. The van der Waals surface area contributed by atoms with Crippen LogP contribution in [-0.2, 0) is 18.9 Å². The molecule has 504 valence electrons. The van der Waals surface area contributed by atoms with Gasteiger partial charge in [-0.2, -0.15) is 0 Å². The molecule has 2 aliphatic heterocycles. The van der Waals surface area contributed by atoms with Crippen molar-refractivity contribution in [3.05, 3.63) is 97.2 Å². The molecule has 0 unspecified atom stereocenters. The third kappa shape index (κ3) is 50.0. The van der Waals surface area contributed by atoms with Gasteiger partial charge in [0.15, 0.2) is 5.79 Å². The first-order valence-corrected chi connectivity index (χ1v) is 38.6. The SMILES string of the molecule is CCCCC/C=C\C/C=C\CCCCCCCCCO[C@H]1[C@@H]2OC(CCCCCCCC/C=C\C/C=C\CCCCC)(CCCCCCCC/C=C\C/C=C\CCCCC)O[C@@H]2CN(C)C[C@H]1OCCCCCCCCC/C=C\C/C=C\CCCCC. The van der Waals surface area contributed by atoms with E-state index in [1.807, 2.05) is 0 Å². The zero-order valence-corrected chi connectivity index (χ0v) is 58.7. The van der Waals surface area contributed by atoms with Crippen LogP contribution in [0.3, 0.4) is 0 Å². The van der Waals surface area contributed by atoms with E-state index >= 15 is 0 Å². The minimum Gasteiger partial charge on any atom is -0.374 e. The molecule has 0 aliphatic carbocycles. The molecule has 0 radical (unpaired) electrons. The minimum atomic E-state index is -0.536. The van der Waals surface area contributed by atoms with Gasteiger partial charge in [0.25, 0.3) is 0 Å². The quantitative estimate of drug-likeness (QED) is 0.0448. The summed E-state index contributed by atoms with van der Waals surface area (Å²) >= 11 is 0. The molecule has 0 spiro atoms. The lowest BCUT2D eigenvalue weighted by atomic mass is 9.98. The first-order chi connectivity index (χ1) is 43.1. The fourth-order valence-corrected chi connectivity index (χ4v) is 12.6. The lowest BCUT2D eigenvalue weighted by Crippen LogP contribution is -2.47. The van der Waals surface area contributed by atoms with Crippen molar-refractivity contribution in [1.29, 1.82) is 0 Å². The fraction of sp³-hybridized carbons (Fsp3) is 0.805. The number of hydrogen-bond acceptors (Lipinski definition) is 5. The molecule has 0 aromatic carbocycles. The Kier molecular flexibility index (Phi) is 59.3. The highest BCUT2D eigenvalue weighted by atomic mass is 16.8. The maximum absolute atomic E-state index is 7.51. The maximum Gasteiger partial charge on any atom is 0.169 e. The van der Waals surface area contributed by atoms with Crippen LogP contribution >= 0.6 is 0 Å². The third-order valence-corrected chi connectivity index (χ3v) is 18.1. The molecule has 87 heavy (non-hydrogen) atoms. The summed E-state index contributed by atoms with van der Waals surface area (Å²) in [5.74, 6) is -0.536. The summed E-state index contributed by atoms with van der Waals surface area (Å²) < 4.78 is 29.0. The van der Waals surface area contributed by atoms with Crippen LogP contribution in [-0.4, -0.2) is 68.5 Å². The predicted octanol–water partition coefficient (Wildman–Crippen LogP) is 26.0. The second-order valence-corrected chi connectivity index (χ2v) is 26.7. The predicted molar refractivity (Wildman–Crippen MR) is 385 cm³/mol. The number of likely N-dealkylation sites (N-methyl/N-ethyl adjacent to an activating group) is 1. The van der Waals surface area contributed by atoms with Crippen LogP contribution in [0.15, 0.2) is 97.2 Å². The zero-order valence-electron chi connectivity index (χ0n) is 58.7. The molecule has 0 N–H and O–H groups in total. The number of likely N-dealkylation sites (tertiary alicyclic amines) is 1. The molecule has 0 amide bonds. The number of allylic oxidation sites excluding steroid dienone is 16. The van der Waals surface area contributed by atoms with Gasteiger partial charge in [-0.15, -0.1) is 0 Å². The first-order valence-electron chi connectivity index (χ1n) is 38.6. The van der Waals surface area contributed by atoms with Crippen LogP contribution in [0.4, 0.5) is 0 Å². The Bertz CT molecular complexity index is 1620. The summed E-state index contributed by atoms with van der Waals surface area (Å²) in [4.78, 5) is 2.47. The van der Waals surface area contributed by atoms with Crippen LogP contribution in [0, 0.1) is 0 Å². The molecule has 2 heterocycles. The molecule has 2 rings (SSSR count). The van der Waals surface area contributed by atoms with E-state index < -0.39 is 5.79 Å². The molecular formula is C82H147NO4. The number of hydrogen-bond donors (Lipinski definition) is 0. The second kappa shape index (κ2) is 63.9. The molecule has 2 saturated heterocycles. The fourth-order valence-electron chi connectivity index (χ4n) is 12.6. The van der Waals surface area contributed by atoms with E-state index in [0.29, 0.717) is 0 Å². The van der Waals surface area contributed by atoms with Crippen LogP contribution in [0.5, 0.6) is 0 Å². The highest BCUT2D eigenvalue weighted by Gasteiger charge is 2.53. The monoisotopic (exact) mass is 1210 g/mol. The van der Waals surface area contributed by atoms with Gasteiger partial charge in [0.1, 0.15) is 18.3 Å². The van der Waals surface area contributed by atoms with Crippen molar-refractivity contribution in [2.45, 2.75) is 392 Å². The Morgan fingerprint density at radius 1 is 0.310 bits per heavy atom. The summed E-state index contributed by atoms with van der Waals surface area (Å²) in [6.07, 6.45) is 103. The van der Waals surface area contributed by atoms with E-state index in [0.717, 1.165) is 90.5 Å². The summed E-state index contributed by atoms with van der Waals surface area (Å²) in [5, 5.41) is 0. The van der Waals surface area contributed by atoms with Crippen molar-refractivity contribution in [1.82, 2.24) is 4.90 Å². The van der Waals surface area contributed by atoms with Crippen molar-refractivity contribution in [2.24, 2.45) is 0 Å². The van der Waals surface area contributed by atoms with Crippen LogP contribution in [0.1, 0.15) is 362 Å². The Morgan fingerprint density at radius 2 is 0.586 bits per heavy atom. The molecule has 0 aromatic heterocycles. The molecule has 2 aliphatic rings. The van der Waals surface area contributed by atoms with E-state index in [9.17, 15) is 0 Å². The molecule has 5 heteroatoms. The lowest BCUT2D eigenvalue weighted by molar-refractivity contribution is -0.208. The van der Waals surface area contributed by atoms with Gasteiger partial charge in [-0.05, 0) is 161 Å². The summed E-state index contributed by atoms with van der Waals surface area (Å²) in [7, 11) is 2.27. The summed E-state index contributed by atoms with van der Waals surface area (Å²) in [6.45, 7) is 12.4. The van der Waals surface area contributed by atoms with E-state index in [1.54, 1.807) is 0 Å². The largest absolute Gasteiger partial charge is 0.374 e. The van der Waals surface area contributed by atoms with Crippen LogP contribution < -0.4 is 0 Å². The van der Waals surface area contributed by atoms with Crippen LogP contribution in [0.25, 0.3) is 0 Å². The highest BCUT2D eigenvalue weighted by molar-refractivity contribution is 4.99. The van der Waals surface area contributed by atoms with E-state index in [1.165, 1.54) is 270 Å². The number of rotatable bonds is 64. The second-order valence-electron chi connectivity index (χ2n) is 26.7. The van der Waals surface area contributed by atoms with E-state index in [2.05, 4.69) is 137 Å². The smallest absolute Gasteiger partial charge is 0.169 e. The molecular weight excluding hydrogens is 1060 g/mol. The van der Waals surface area contributed by atoms with Crippen molar-refractivity contribution >= 4 is 0 Å². The standard InChI is InChI=1S/C82H147NO4/c1-6-10-14-18-22-26-30-34-38-42-46-50-54-58-62-66-70-74-84-78-76-83(5)77-79-81(80(78)85-75-71-67-63-59-55-51-47-43-39-35-31-27-23-19-15-11-7-2)87-82(86-79,72-68-64-60-56-52-48-44-40-36-32-28-24-20-16-12-8-3)73-69-65-61-57-53-49-45-41-37-33-29-25-21-17-13-9-4/h22-29,34-41,78-81H,6-21,30-33,42-77H2,1-5H3/b26-22-,27-23-,28-24-,29-25-,38-34-,39-35-,40-36-,41-37-/t78-,79-,80-,81-/m1/s1. The highest BCUT2D eigenvalue weighted by Crippen LogP contribution is 2.42. The summed E-state index contributed by atoms with van der Waals surface area (Å²) in [6, 6.07) is 0. The maximum atomic E-state index is 7.51. The van der Waals surface area contributed by atoms with Gasteiger partial charge >= 0.3 is 0 Å². The van der Waals surface area contributed by atoms with Gasteiger partial charge in [0.05, 0.1) is 6.10 Å². The van der Waals surface area contributed by atoms with Gasteiger partial charge in [-0.1, -0.05) is 292 Å². The Balaban J connectivity index is 2.00. The molecule has 0 bridgehead atoms. The van der Waals surface area contributed by atoms with Crippen LogP contribution in [0.2, 0.25) is 0 Å². The molecule has 5 nitrogen and oxygen atoms in total. The lowest BCUT2D eigenvalue weighted by Gasteiger charge is -2.33. The van der Waals surface area contributed by atoms with Crippen molar-refractivity contribution in [3.63, 3.8) is 0 Å². The normalized spacial score (nSPS) is 18.6. The van der Waals surface area contributed by atoms with Crippen molar-refractivity contribution < 1.29 is 18.9 Å². The summed E-state index contributed by atoms with van der Waals surface area (Å²) in [5.41, 5.74) is 0. The first kappa shape index (κ1) is 80.8. The zero-order chi connectivity index (χ0) is 62.1. The van der Waals surface area contributed by atoms with Gasteiger partial charge in [0.2, 0.25) is 0 Å². The molecule has 2 fully saturated rings. The van der Waals surface area contributed by atoms with Crippen molar-refractivity contribution in [2.75, 3.05) is 33.4 Å². The van der Waals surface area contributed by atoms with Gasteiger partial charge < -0.3 is 23.8 Å². The van der Waals surface area contributed by atoms with Gasteiger partial charge in [-0.3, -0.25) is 0 Å². The number of unbranched alkanes of at least 4 members (excludes halogenated alkanes) is 38. The average molecular weight is 1210 g/mol. The average Bonchev–Trinajstić information content (AvgIpc) is 2.18. The number of nitrogens with zero attached hydrogens (tertiary/aromatic N) is 1. The van der Waals surface area contributed by atoms with Crippen molar-refractivity contribution in [3.8, 4) is 0 Å². The van der Waals surface area contributed by atoms with E-state index in [-0.39, 0.29) is 24.4 Å². The Morgan fingerprint density at radius 3 is 0.908 bits per heavy atom. The van der Waals surface area contributed by atoms with E-state index in [4.69, 9.17) is 18.9 Å². The third-order valence-electron chi connectivity index (χ3n) is 18.1. The Labute approximate surface area is 543 Å². The molecule has 0 saturated carbocycles.